The first kappa shape index (κ1) is 8.65. The van der Waals surface area contributed by atoms with Gasteiger partial charge in [0.05, 0.1) is 0 Å². The van der Waals surface area contributed by atoms with Crippen LogP contribution in [0.2, 0.25) is 0 Å². The van der Waals surface area contributed by atoms with E-state index in [-0.39, 0.29) is 5.95 Å². The van der Waals surface area contributed by atoms with Gasteiger partial charge in [-0.1, -0.05) is 22.0 Å². The largest absolute Gasteiger partial charge is 0.228 e. The van der Waals surface area contributed by atoms with Crippen LogP contribution in [0.5, 0.6) is 0 Å². The predicted octanol–water partition coefficient (Wildman–Crippen LogP) is 2.55. The highest BCUT2D eigenvalue weighted by atomic mass is 79.9. The van der Waals surface area contributed by atoms with Crippen molar-refractivity contribution in [2.45, 2.75) is 12.8 Å². The predicted molar refractivity (Wildman–Crippen MR) is 46.3 cm³/mol. The third kappa shape index (κ3) is 2.58. The van der Waals surface area contributed by atoms with Gasteiger partial charge in [0, 0.05) is 17.1 Å². The van der Waals surface area contributed by atoms with Crippen molar-refractivity contribution in [1.82, 2.24) is 4.98 Å². The van der Waals surface area contributed by atoms with Crippen molar-refractivity contribution >= 4 is 15.9 Å². The monoisotopic (exact) mass is 217 g/mol. The van der Waals surface area contributed by atoms with Crippen molar-refractivity contribution in [1.29, 1.82) is 0 Å². The van der Waals surface area contributed by atoms with Gasteiger partial charge in [0.1, 0.15) is 0 Å². The third-order valence-corrected chi connectivity index (χ3v) is 1.98. The van der Waals surface area contributed by atoms with Gasteiger partial charge in [0.2, 0.25) is 5.95 Å². The SMILES string of the molecule is Fc1ncccc1CCCBr. The van der Waals surface area contributed by atoms with Gasteiger partial charge >= 0.3 is 0 Å². The Morgan fingerprint density at radius 2 is 2.36 bits per heavy atom. The number of halogens is 2. The van der Waals surface area contributed by atoms with E-state index in [0.717, 1.165) is 18.2 Å². The molecular weight excluding hydrogens is 209 g/mol. The molecule has 0 bridgehead atoms. The molecule has 1 aromatic heterocycles. The van der Waals surface area contributed by atoms with E-state index in [2.05, 4.69) is 20.9 Å². The van der Waals surface area contributed by atoms with E-state index < -0.39 is 0 Å². The van der Waals surface area contributed by atoms with Crippen LogP contribution in [0.4, 0.5) is 4.39 Å². The molecular formula is C8H9BrFN. The summed E-state index contributed by atoms with van der Waals surface area (Å²) >= 11 is 3.29. The summed E-state index contributed by atoms with van der Waals surface area (Å²) in [7, 11) is 0. The summed E-state index contributed by atoms with van der Waals surface area (Å²) in [6, 6.07) is 3.53. The molecule has 0 N–H and O–H groups in total. The van der Waals surface area contributed by atoms with Gasteiger partial charge in [-0.25, -0.2) is 4.98 Å². The Morgan fingerprint density at radius 3 is 3.00 bits per heavy atom. The van der Waals surface area contributed by atoms with Gasteiger partial charge in [-0.2, -0.15) is 4.39 Å². The zero-order valence-electron chi connectivity index (χ0n) is 6.06. The van der Waals surface area contributed by atoms with Crippen LogP contribution in [0.25, 0.3) is 0 Å². The Hall–Kier alpha value is -0.440. The lowest BCUT2D eigenvalue weighted by molar-refractivity contribution is 0.565. The Balaban J connectivity index is 2.62. The van der Waals surface area contributed by atoms with Crippen LogP contribution >= 0.6 is 15.9 Å². The average Bonchev–Trinajstić information content (AvgIpc) is 2.03. The molecule has 0 amide bonds. The van der Waals surface area contributed by atoms with Gasteiger partial charge in [0.15, 0.2) is 0 Å². The standard InChI is InChI=1S/C8H9BrFN/c9-5-1-3-7-4-2-6-11-8(7)10/h2,4,6H,1,3,5H2. The molecule has 60 valence electrons. The summed E-state index contributed by atoms with van der Waals surface area (Å²) in [5, 5.41) is 0.904. The van der Waals surface area contributed by atoms with Crippen LogP contribution in [0.15, 0.2) is 18.3 Å². The van der Waals surface area contributed by atoms with E-state index >= 15 is 0 Å². The van der Waals surface area contributed by atoms with Crippen molar-refractivity contribution in [3.05, 3.63) is 29.8 Å². The average molecular weight is 218 g/mol. The first-order chi connectivity index (χ1) is 5.34. The molecule has 1 aromatic rings. The maximum absolute atomic E-state index is 12.8. The summed E-state index contributed by atoms with van der Waals surface area (Å²) in [6.45, 7) is 0. The normalized spacial score (nSPS) is 10.0. The van der Waals surface area contributed by atoms with Crippen molar-refractivity contribution in [3.8, 4) is 0 Å². The molecule has 0 saturated heterocycles. The Labute approximate surface area is 73.8 Å². The van der Waals surface area contributed by atoms with Gasteiger partial charge in [0.25, 0.3) is 0 Å². The minimum Gasteiger partial charge on any atom is -0.228 e. The molecule has 0 fully saturated rings. The molecule has 0 aromatic carbocycles. The van der Waals surface area contributed by atoms with Crippen molar-refractivity contribution in [2.24, 2.45) is 0 Å². The molecule has 0 unspecified atom stereocenters. The lowest BCUT2D eigenvalue weighted by atomic mass is 10.2. The minimum absolute atomic E-state index is 0.339. The molecule has 1 heterocycles. The lowest BCUT2D eigenvalue weighted by Gasteiger charge is -1.98. The van der Waals surface area contributed by atoms with E-state index in [1.165, 1.54) is 6.20 Å². The zero-order valence-corrected chi connectivity index (χ0v) is 7.64. The summed E-state index contributed by atoms with van der Waals surface area (Å²) in [6.07, 6.45) is 3.17. The number of hydrogen-bond donors (Lipinski definition) is 0. The summed E-state index contributed by atoms with van der Waals surface area (Å²) in [4.78, 5) is 3.55. The van der Waals surface area contributed by atoms with E-state index in [4.69, 9.17) is 0 Å². The van der Waals surface area contributed by atoms with Gasteiger partial charge < -0.3 is 0 Å². The van der Waals surface area contributed by atoms with Gasteiger partial charge in [-0.15, -0.1) is 0 Å². The van der Waals surface area contributed by atoms with E-state index in [9.17, 15) is 4.39 Å². The fourth-order valence-corrected chi connectivity index (χ4v) is 1.14. The molecule has 1 rings (SSSR count). The highest BCUT2D eigenvalue weighted by Crippen LogP contribution is 2.06. The maximum atomic E-state index is 12.8. The molecule has 0 aliphatic heterocycles. The highest BCUT2D eigenvalue weighted by molar-refractivity contribution is 9.09. The van der Waals surface area contributed by atoms with Crippen LogP contribution in [0, 0.1) is 5.95 Å². The summed E-state index contributed by atoms with van der Waals surface area (Å²) < 4.78 is 12.8. The molecule has 0 radical (unpaired) electrons. The van der Waals surface area contributed by atoms with Crippen LogP contribution in [-0.2, 0) is 6.42 Å². The second kappa shape index (κ2) is 4.44. The number of nitrogens with zero attached hydrogens (tertiary/aromatic N) is 1. The Bertz CT molecular complexity index is 227. The smallest absolute Gasteiger partial charge is 0.216 e. The second-order valence-corrected chi connectivity index (χ2v) is 3.04. The summed E-state index contributed by atoms with van der Waals surface area (Å²) in [5.41, 5.74) is 0.701. The molecule has 0 aliphatic rings. The number of aryl methyl sites for hydroxylation is 1. The number of hydrogen-bond acceptors (Lipinski definition) is 1. The quantitative estimate of drug-likeness (QED) is 0.561. The first-order valence-electron chi connectivity index (χ1n) is 3.50. The highest BCUT2D eigenvalue weighted by Gasteiger charge is 1.99. The number of pyridine rings is 1. The number of aromatic nitrogens is 1. The van der Waals surface area contributed by atoms with Crippen molar-refractivity contribution < 1.29 is 4.39 Å². The fourth-order valence-electron chi connectivity index (χ4n) is 0.863. The zero-order chi connectivity index (χ0) is 8.10. The number of rotatable bonds is 3. The third-order valence-electron chi connectivity index (χ3n) is 1.42. The molecule has 0 saturated carbocycles. The van der Waals surface area contributed by atoms with Crippen LogP contribution in [0.1, 0.15) is 12.0 Å². The molecule has 3 heteroatoms. The van der Waals surface area contributed by atoms with Gasteiger partial charge in [-0.05, 0) is 18.9 Å². The van der Waals surface area contributed by atoms with Gasteiger partial charge in [-0.3, -0.25) is 0 Å². The molecule has 0 spiro atoms. The van der Waals surface area contributed by atoms with E-state index in [1.54, 1.807) is 12.1 Å². The van der Waals surface area contributed by atoms with Crippen LogP contribution in [-0.4, -0.2) is 10.3 Å². The minimum atomic E-state index is -0.339. The molecule has 0 atom stereocenters. The molecule has 1 nitrogen and oxygen atoms in total. The topological polar surface area (TPSA) is 12.9 Å². The van der Waals surface area contributed by atoms with Crippen molar-refractivity contribution in [2.75, 3.05) is 5.33 Å². The van der Waals surface area contributed by atoms with E-state index in [1.807, 2.05) is 0 Å². The first-order valence-corrected chi connectivity index (χ1v) is 4.62. The lowest BCUT2D eigenvalue weighted by Crippen LogP contribution is -1.93. The van der Waals surface area contributed by atoms with E-state index in [0.29, 0.717) is 5.56 Å². The van der Waals surface area contributed by atoms with Crippen LogP contribution < -0.4 is 0 Å². The molecule has 11 heavy (non-hydrogen) atoms. The number of alkyl halides is 1. The second-order valence-electron chi connectivity index (χ2n) is 2.25. The summed E-state index contributed by atoms with van der Waals surface area (Å²) in [5.74, 6) is -0.339. The van der Waals surface area contributed by atoms with Crippen molar-refractivity contribution in [3.63, 3.8) is 0 Å². The fraction of sp³-hybridized carbons (Fsp3) is 0.375. The maximum Gasteiger partial charge on any atom is 0.216 e. The Kier molecular flexibility index (Phi) is 3.49. The Morgan fingerprint density at radius 1 is 1.55 bits per heavy atom. The van der Waals surface area contributed by atoms with Crippen LogP contribution in [0.3, 0.4) is 0 Å². The molecule has 0 aliphatic carbocycles.